The van der Waals surface area contributed by atoms with Crippen molar-refractivity contribution < 1.29 is 9.47 Å². The Morgan fingerprint density at radius 2 is 1.68 bits per heavy atom. The molecular formula is C23H24O2. The van der Waals surface area contributed by atoms with Gasteiger partial charge in [0.15, 0.2) is 0 Å². The molecule has 3 aromatic rings. The Hall–Kier alpha value is -2.58. The van der Waals surface area contributed by atoms with E-state index in [2.05, 4.69) is 56.0 Å². The minimum Gasteiger partial charge on any atom is -0.463 e. The molecule has 0 aromatic heterocycles. The second kappa shape index (κ2) is 7.54. The largest absolute Gasteiger partial charge is 0.463 e. The molecule has 0 amide bonds. The first-order chi connectivity index (χ1) is 12.1. The van der Waals surface area contributed by atoms with Crippen molar-refractivity contribution in [2.75, 3.05) is 0 Å². The van der Waals surface area contributed by atoms with Gasteiger partial charge in [0.05, 0.1) is 6.61 Å². The highest BCUT2D eigenvalue weighted by Gasteiger charge is 2.25. The number of hydrogen-bond acceptors (Lipinski definition) is 2. The molecule has 0 aliphatic rings. The van der Waals surface area contributed by atoms with Crippen LogP contribution in [0.3, 0.4) is 0 Å². The summed E-state index contributed by atoms with van der Waals surface area (Å²) in [5, 5.41) is 2.45. The quantitative estimate of drug-likeness (QED) is 0.479. The maximum absolute atomic E-state index is 6.19. The zero-order valence-electron chi connectivity index (χ0n) is 14.9. The lowest BCUT2D eigenvalue weighted by atomic mass is 10.1. The molecule has 0 spiro atoms. The molecule has 1 unspecified atom stereocenters. The fraction of sp³-hybridized carbons (Fsp3) is 0.217. The third-order valence-electron chi connectivity index (χ3n) is 4.50. The van der Waals surface area contributed by atoms with E-state index in [4.69, 9.17) is 9.47 Å². The first-order valence-corrected chi connectivity index (χ1v) is 8.65. The van der Waals surface area contributed by atoms with Crippen LogP contribution in [-0.4, -0.2) is 5.79 Å². The number of ether oxygens (including phenoxy) is 2. The standard InChI is InChI=1S/C23H24O2/c1-4-18-13-15-21(16-14-18)25-23(3,5-2)24-17-20-11-8-10-19-9-6-7-12-22(19)20/h4,6-16H,1,5,17H2,2-3H3. The van der Waals surface area contributed by atoms with Crippen LogP contribution < -0.4 is 4.74 Å². The zero-order valence-corrected chi connectivity index (χ0v) is 14.9. The maximum atomic E-state index is 6.19. The van der Waals surface area contributed by atoms with Gasteiger partial charge in [0, 0.05) is 13.3 Å². The maximum Gasteiger partial charge on any atom is 0.207 e. The molecule has 3 aromatic carbocycles. The van der Waals surface area contributed by atoms with Crippen LogP contribution in [0.1, 0.15) is 31.4 Å². The molecule has 0 aliphatic carbocycles. The van der Waals surface area contributed by atoms with Crippen LogP contribution in [0.4, 0.5) is 0 Å². The average molecular weight is 332 g/mol. The van der Waals surface area contributed by atoms with Crippen LogP contribution in [-0.2, 0) is 11.3 Å². The minimum absolute atomic E-state index is 0.510. The highest BCUT2D eigenvalue weighted by molar-refractivity contribution is 5.85. The fourth-order valence-electron chi connectivity index (χ4n) is 2.77. The van der Waals surface area contributed by atoms with Gasteiger partial charge >= 0.3 is 0 Å². The number of benzene rings is 3. The van der Waals surface area contributed by atoms with E-state index in [0.29, 0.717) is 6.61 Å². The summed E-state index contributed by atoms with van der Waals surface area (Å²) in [6.45, 7) is 8.34. The monoisotopic (exact) mass is 332 g/mol. The molecule has 2 nitrogen and oxygen atoms in total. The van der Waals surface area contributed by atoms with Gasteiger partial charge in [0.25, 0.3) is 0 Å². The average Bonchev–Trinajstić information content (AvgIpc) is 2.67. The summed E-state index contributed by atoms with van der Waals surface area (Å²) in [6.07, 6.45) is 2.57. The molecule has 0 saturated carbocycles. The molecule has 0 radical (unpaired) electrons. The molecule has 0 fully saturated rings. The smallest absolute Gasteiger partial charge is 0.207 e. The van der Waals surface area contributed by atoms with E-state index in [1.54, 1.807) is 0 Å². The Labute approximate surface area is 149 Å². The second-order valence-corrected chi connectivity index (χ2v) is 6.29. The van der Waals surface area contributed by atoms with Gasteiger partial charge in [-0.1, -0.05) is 74.2 Å². The van der Waals surface area contributed by atoms with Gasteiger partial charge in [-0.25, -0.2) is 0 Å². The third-order valence-corrected chi connectivity index (χ3v) is 4.50. The van der Waals surface area contributed by atoms with Gasteiger partial charge in [-0.2, -0.15) is 0 Å². The lowest BCUT2D eigenvalue weighted by Gasteiger charge is -2.30. The van der Waals surface area contributed by atoms with Crippen LogP contribution >= 0.6 is 0 Å². The summed E-state index contributed by atoms with van der Waals surface area (Å²) >= 11 is 0. The Kier molecular flexibility index (Phi) is 5.20. The Bertz CT molecular complexity index is 846. The predicted molar refractivity (Wildman–Crippen MR) is 105 cm³/mol. The summed E-state index contributed by atoms with van der Waals surface area (Å²) in [6, 6.07) is 22.5. The first-order valence-electron chi connectivity index (χ1n) is 8.65. The van der Waals surface area contributed by atoms with Crippen molar-refractivity contribution in [1.29, 1.82) is 0 Å². The molecule has 0 saturated heterocycles. The first kappa shape index (κ1) is 17.2. The van der Waals surface area contributed by atoms with Gasteiger partial charge in [0.2, 0.25) is 5.79 Å². The summed E-state index contributed by atoms with van der Waals surface area (Å²) < 4.78 is 12.3. The number of hydrogen-bond donors (Lipinski definition) is 0. The van der Waals surface area contributed by atoms with Crippen LogP contribution in [0.15, 0.2) is 73.3 Å². The molecule has 0 aliphatic heterocycles. The van der Waals surface area contributed by atoms with E-state index < -0.39 is 5.79 Å². The van der Waals surface area contributed by atoms with Crippen molar-refractivity contribution in [1.82, 2.24) is 0 Å². The van der Waals surface area contributed by atoms with Crippen LogP contribution in [0.2, 0.25) is 0 Å². The number of rotatable bonds is 7. The van der Waals surface area contributed by atoms with Crippen LogP contribution in [0.5, 0.6) is 5.75 Å². The van der Waals surface area contributed by atoms with Crippen molar-refractivity contribution in [3.8, 4) is 5.75 Å². The normalized spacial score (nSPS) is 13.4. The van der Waals surface area contributed by atoms with Gasteiger partial charge < -0.3 is 9.47 Å². The molecule has 0 N–H and O–H groups in total. The molecule has 3 rings (SSSR count). The minimum atomic E-state index is -0.674. The summed E-state index contributed by atoms with van der Waals surface area (Å²) in [5.74, 6) is 0.125. The topological polar surface area (TPSA) is 18.5 Å². The highest BCUT2D eigenvalue weighted by Crippen LogP contribution is 2.26. The molecule has 25 heavy (non-hydrogen) atoms. The summed E-state index contributed by atoms with van der Waals surface area (Å²) in [7, 11) is 0. The van der Waals surface area contributed by atoms with Crippen molar-refractivity contribution >= 4 is 16.8 Å². The number of fused-ring (bicyclic) bond motifs is 1. The Morgan fingerprint density at radius 3 is 2.40 bits per heavy atom. The molecule has 1 atom stereocenters. The van der Waals surface area contributed by atoms with Crippen molar-refractivity contribution in [3.63, 3.8) is 0 Å². The summed E-state index contributed by atoms with van der Waals surface area (Å²) in [5.41, 5.74) is 2.24. The lowest BCUT2D eigenvalue weighted by molar-refractivity contribution is -0.179. The van der Waals surface area contributed by atoms with Crippen LogP contribution in [0.25, 0.3) is 16.8 Å². The van der Waals surface area contributed by atoms with E-state index in [0.717, 1.165) is 17.7 Å². The molecule has 128 valence electrons. The molecular weight excluding hydrogens is 308 g/mol. The highest BCUT2D eigenvalue weighted by atomic mass is 16.7. The van der Waals surface area contributed by atoms with E-state index in [-0.39, 0.29) is 0 Å². The van der Waals surface area contributed by atoms with Crippen molar-refractivity contribution in [2.45, 2.75) is 32.7 Å². The zero-order chi connectivity index (χ0) is 17.7. The Balaban J connectivity index is 1.74. The fourth-order valence-corrected chi connectivity index (χ4v) is 2.77. The summed E-state index contributed by atoms with van der Waals surface area (Å²) in [4.78, 5) is 0. The second-order valence-electron chi connectivity index (χ2n) is 6.29. The van der Waals surface area contributed by atoms with E-state index >= 15 is 0 Å². The molecule has 0 heterocycles. The SMILES string of the molecule is C=Cc1ccc(OC(C)(CC)OCc2cccc3ccccc23)cc1. The Morgan fingerprint density at radius 1 is 0.960 bits per heavy atom. The van der Waals surface area contributed by atoms with E-state index in [1.165, 1.54) is 16.3 Å². The van der Waals surface area contributed by atoms with Crippen LogP contribution in [0, 0.1) is 0 Å². The van der Waals surface area contributed by atoms with E-state index in [1.807, 2.05) is 37.3 Å². The lowest BCUT2D eigenvalue weighted by Crippen LogP contribution is -2.34. The van der Waals surface area contributed by atoms with Gasteiger partial charge in [-0.3, -0.25) is 0 Å². The predicted octanol–water partition coefficient (Wildman–Crippen LogP) is 6.20. The van der Waals surface area contributed by atoms with Crippen molar-refractivity contribution in [3.05, 3.63) is 84.4 Å². The third kappa shape index (κ3) is 4.09. The van der Waals surface area contributed by atoms with E-state index in [9.17, 15) is 0 Å². The molecule has 2 heteroatoms. The van der Waals surface area contributed by atoms with Gasteiger partial charge in [0.1, 0.15) is 5.75 Å². The van der Waals surface area contributed by atoms with Gasteiger partial charge in [-0.05, 0) is 34.0 Å². The van der Waals surface area contributed by atoms with Gasteiger partial charge in [-0.15, -0.1) is 0 Å². The van der Waals surface area contributed by atoms with Crippen molar-refractivity contribution in [2.24, 2.45) is 0 Å². The molecule has 0 bridgehead atoms.